The second kappa shape index (κ2) is 8.58. The number of likely N-dealkylation sites (N-methyl/N-ethyl adjacent to an activating group) is 1. The molecule has 1 aromatic rings. The van der Waals surface area contributed by atoms with Gasteiger partial charge in [0.1, 0.15) is 6.61 Å². The molecule has 2 N–H and O–H groups in total. The summed E-state index contributed by atoms with van der Waals surface area (Å²) in [4.78, 5) is 15.0. The van der Waals surface area contributed by atoms with Crippen molar-refractivity contribution in [3.8, 4) is 0 Å². The third-order valence-corrected chi connectivity index (χ3v) is 5.07. The van der Waals surface area contributed by atoms with E-state index in [0.29, 0.717) is 6.61 Å². The van der Waals surface area contributed by atoms with E-state index >= 15 is 0 Å². The number of hydrogen-bond acceptors (Lipinski definition) is 5. The molecule has 0 spiro atoms. The van der Waals surface area contributed by atoms with Gasteiger partial charge in [-0.15, -0.1) is 0 Å². The van der Waals surface area contributed by atoms with Gasteiger partial charge in [-0.2, -0.15) is 5.23 Å². The minimum Gasteiger partial charge on any atom is -0.595 e. The molecule has 1 aromatic carbocycles. The Morgan fingerprint density at radius 3 is 2.33 bits per heavy atom. The highest BCUT2D eigenvalue weighted by molar-refractivity contribution is 5.83. The van der Waals surface area contributed by atoms with Crippen LogP contribution in [0.2, 0.25) is 0 Å². The molecule has 24 heavy (non-hydrogen) atoms. The van der Waals surface area contributed by atoms with Gasteiger partial charge < -0.3 is 14.8 Å². The smallest absolute Gasteiger partial charge is 0.316 e. The van der Waals surface area contributed by atoms with E-state index in [-0.39, 0.29) is 11.7 Å². The molecule has 6 nitrogen and oxygen atoms in total. The maximum atomic E-state index is 12.8. The normalized spacial score (nSPS) is 17.9. The summed E-state index contributed by atoms with van der Waals surface area (Å²) in [7, 11) is 0. The molecular weight excluding hydrogens is 308 g/mol. The number of rotatable bonds is 8. The number of esters is 1. The van der Waals surface area contributed by atoms with E-state index in [1.165, 1.54) is 0 Å². The Kier molecular flexibility index (Phi) is 6.74. The Balaban J connectivity index is 2.08. The fourth-order valence-electron chi connectivity index (χ4n) is 3.47. The van der Waals surface area contributed by atoms with Crippen LogP contribution in [0.15, 0.2) is 24.3 Å². The van der Waals surface area contributed by atoms with Crippen LogP contribution in [0.4, 0.5) is 5.69 Å². The van der Waals surface area contributed by atoms with Crippen molar-refractivity contribution in [1.82, 2.24) is 4.90 Å². The summed E-state index contributed by atoms with van der Waals surface area (Å²) in [6, 6.07) is 6.67. The predicted octanol–water partition coefficient (Wildman–Crippen LogP) is 1.79. The molecule has 0 amide bonds. The van der Waals surface area contributed by atoms with Crippen molar-refractivity contribution in [3.05, 3.63) is 35.0 Å². The molecule has 1 aliphatic rings. The molecule has 1 aliphatic carbocycles. The molecule has 0 bridgehead atoms. The van der Waals surface area contributed by atoms with Gasteiger partial charge >= 0.3 is 5.97 Å². The van der Waals surface area contributed by atoms with Crippen LogP contribution in [0.5, 0.6) is 0 Å². The highest BCUT2D eigenvalue weighted by Gasteiger charge is 2.44. The summed E-state index contributed by atoms with van der Waals surface area (Å²) < 4.78 is 5.60. The number of carbonyl (C=O) groups excluding carboxylic acids is 1. The maximum Gasteiger partial charge on any atom is 0.316 e. The molecule has 0 heterocycles. The van der Waals surface area contributed by atoms with Crippen LogP contribution in [0, 0.1) is 5.21 Å². The van der Waals surface area contributed by atoms with Crippen LogP contribution >= 0.6 is 0 Å². The highest BCUT2D eigenvalue weighted by Crippen LogP contribution is 2.42. The number of nitrogens with zero attached hydrogens (tertiary/aromatic N) is 1. The van der Waals surface area contributed by atoms with E-state index in [9.17, 15) is 10.0 Å². The number of ether oxygens (including phenoxy) is 1. The Labute approximate surface area is 143 Å². The fourth-order valence-corrected chi connectivity index (χ4v) is 3.47. The molecule has 0 aliphatic heterocycles. The number of nitrogens with one attached hydrogen (secondary N) is 1. The predicted molar refractivity (Wildman–Crippen MR) is 91.1 cm³/mol. The van der Waals surface area contributed by atoms with Crippen LogP contribution in [0.25, 0.3) is 0 Å². The van der Waals surface area contributed by atoms with E-state index in [0.717, 1.165) is 50.9 Å². The molecule has 0 aromatic heterocycles. The lowest BCUT2D eigenvalue weighted by Gasteiger charge is -2.28. The zero-order valence-electron chi connectivity index (χ0n) is 14.6. The van der Waals surface area contributed by atoms with Crippen molar-refractivity contribution in [3.63, 3.8) is 0 Å². The Morgan fingerprint density at radius 2 is 1.83 bits per heavy atom. The number of carbonyl (C=O) groups is 1. The molecule has 1 unspecified atom stereocenters. The van der Waals surface area contributed by atoms with Crippen LogP contribution in [0.3, 0.4) is 0 Å². The van der Waals surface area contributed by atoms with Crippen molar-refractivity contribution in [2.24, 2.45) is 0 Å². The van der Waals surface area contributed by atoms with Crippen LogP contribution in [-0.2, 0) is 14.9 Å². The lowest BCUT2D eigenvalue weighted by atomic mass is 9.79. The first-order valence-corrected chi connectivity index (χ1v) is 8.77. The summed E-state index contributed by atoms with van der Waals surface area (Å²) in [5.41, 5.74) is 0.500. The van der Waals surface area contributed by atoms with Gasteiger partial charge in [-0.1, -0.05) is 38.8 Å². The average molecular weight is 336 g/mol. The van der Waals surface area contributed by atoms with Gasteiger partial charge in [-0.05, 0) is 31.5 Å². The summed E-state index contributed by atoms with van der Waals surface area (Å²) in [6.07, 6.45) is 3.52. The third-order valence-electron chi connectivity index (χ3n) is 5.07. The summed E-state index contributed by atoms with van der Waals surface area (Å²) >= 11 is 0. The summed E-state index contributed by atoms with van der Waals surface area (Å²) in [5, 5.41) is 19.1. The molecule has 2 rings (SSSR count). The highest BCUT2D eigenvalue weighted by atomic mass is 16.8. The van der Waals surface area contributed by atoms with E-state index in [1.807, 2.05) is 0 Å². The van der Waals surface area contributed by atoms with E-state index in [2.05, 4.69) is 18.7 Å². The molecule has 1 fully saturated rings. The van der Waals surface area contributed by atoms with Gasteiger partial charge in [0.2, 0.25) is 0 Å². The van der Waals surface area contributed by atoms with Gasteiger partial charge in [0.25, 0.3) is 0 Å². The van der Waals surface area contributed by atoms with E-state index in [4.69, 9.17) is 9.94 Å². The van der Waals surface area contributed by atoms with E-state index in [1.54, 1.807) is 24.3 Å². The lowest BCUT2D eigenvalue weighted by molar-refractivity contribution is -0.991. The first kappa shape index (κ1) is 18.9. The number of hydrogen-bond donors (Lipinski definition) is 2. The van der Waals surface area contributed by atoms with Crippen molar-refractivity contribution < 1.29 is 20.0 Å². The molecule has 134 valence electrons. The van der Waals surface area contributed by atoms with Crippen molar-refractivity contribution in [2.75, 3.05) is 26.2 Å². The summed E-state index contributed by atoms with van der Waals surface area (Å²) in [6.45, 7) is 7.20. The van der Waals surface area contributed by atoms with Gasteiger partial charge in [0.15, 0.2) is 5.69 Å². The Hall–Kier alpha value is -1.47. The molecule has 0 radical (unpaired) electrons. The second-order valence-corrected chi connectivity index (χ2v) is 6.33. The standard InChI is InChI=1S/C18H28N2O4/c1-3-19(4-2)13-14-24-17(21)18(11-5-6-12-18)15-7-9-16(10-8-15)20(22)23/h7-10,20,22H,3-6,11-14H2,1-2H3. The number of benzene rings is 1. The first-order valence-electron chi connectivity index (χ1n) is 8.77. The molecule has 6 heteroatoms. The number of quaternary nitrogens is 1. The summed E-state index contributed by atoms with van der Waals surface area (Å²) in [5.74, 6) is -0.171. The first-order chi connectivity index (χ1) is 11.5. The molecule has 0 saturated heterocycles. The van der Waals surface area contributed by atoms with Crippen molar-refractivity contribution in [1.29, 1.82) is 0 Å². The van der Waals surface area contributed by atoms with Crippen molar-refractivity contribution >= 4 is 11.7 Å². The largest absolute Gasteiger partial charge is 0.595 e. The molecular formula is C18H28N2O4. The quantitative estimate of drug-likeness (QED) is 0.559. The monoisotopic (exact) mass is 336 g/mol. The minimum atomic E-state index is -0.955. The second-order valence-electron chi connectivity index (χ2n) is 6.33. The molecule has 1 saturated carbocycles. The van der Waals surface area contributed by atoms with Crippen LogP contribution < -0.4 is 5.23 Å². The van der Waals surface area contributed by atoms with Crippen LogP contribution in [-0.4, -0.2) is 42.3 Å². The maximum absolute atomic E-state index is 12.8. The zero-order valence-corrected chi connectivity index (χ0v) is 14.6. The van der Waals surface area contributed by atoms with Gasteiger partial charge in [-0.3, -0.25) is 4.79 Å². The van der Waals surface area contributed by atoms with Gasteiger partial charge in [0.05, 0.1) is 5.41 Å². The van der Waals surface area contributed by atoms with Crippen LogP contribution in [0.1, 0.15) is 45.1 Å². The Bertz CT molecular complexity index is 520. The van der Waals surface area contributed by atoms with E-state index < -0.39 is 10.6 Å². The third kappa shape index (κ3) is 4.13. The minimum absolute atomic E-state index is 0.171. The lowest BCUT2D eigenvalue weighted by Crippen LogP contribution is -2.99. The zero-order chi connectivity index (χ0) is 17.6. The van der Waals surface area contributed by atoms with Crippen molar-refractivity contribution in [2.45, 2.75) is 44.9 Å². The molecule has 1 atom stereocenters. The fraction of sp³-hybridized carbons (Fsp3) is 0.611. The van der Waals surface area contributed by atoms with Gasteiger partial charge in [0, 0.05) is 18.7 Å². The SMILES string of the molecule is CCN(CC)CCOC(=O)C1(c2ccc([NH+]([O-])O)cc2)CCCC1. The topological polar surface area (TPSA) is 77.3 Å². The Morgan fingerprint density at radius 1 is 1.25 bits per heavy atom. The average Bonchev–Trinajstić information content (AvgIpc) is 3.09. The van der Waals surface area contributed by atoms with Gasteiger partial charge in [-0.25, -0.2) is 5.21 Å².